The number of allylic oxidation sites excluding steroid dienone is 1. The summed E-state index contributed by atoms with van der Waals surface area (Å²) < 4.78 is 10.8. The average molecular weight is 447 g/mol. The molecule has 162 valence electrons. The number of benzene rings is 1. The average Bonchev–Trinajstić information content (AvgIpc) is 2.81. The number of methoxy groups -OCH3 is 1. The number of carbonyl (C=O) groups excluding carboxylic acids is 1. The van der Waals surface area contributed by atoms with Crippen LogP contribution in [0, 0.1) is 29.6 Å². The van der Waals surface area contributed by atoms with E-state index in [1.54, 1.807) is 12.1 Å². The molecule has 2 heterocycles. The van der Waals surface area contributed by atoms with E-state index in [2.05, 4.69) is 17.1 Å². The molecule has 1 aromatic heterocycles. The molecule has 0 saturated heterocycles. The summed E-state index contributed by atoms with van der Waals surface area (Å²) in [4.78, 5) is 17.2. The first-order valence-electron chi connectivity index (χ1n) is 9.91. The third-order valence-electron chi connectivity index (χ3n) is 5.08. The molecule has 0 bridgehead atoms. The molecule has 1 aromatic carbocycles. The van der Waals surface area contributed by atoms with Crippen LogP contribution >= 0.6 is 11.8 Å². The van der Waals surface area contributed by atoms with Crippen molar-refractivity contribution < 1.29 is 14.3 Å². The van der Waals surface area contributed by atoms with Gasteiger partial charge >= 0.3 is 5.97 Å². The number of nitriles is 2. The van der Waals surface area contributed by atoms with E-state index in [0.29, 0.717) is 10.6 Å². The normalized spacial score (nSPS) is 15.6. The minimum atomic E-state index is -0.719. The van der Waals surface area contributed by atoms with Crippen LogP contribution in [0.5, 0.6) is 0 Å². The molecule has 0 amide bonds. The van der Waals surface area contributed by atoms with Gasteiger partial charge in [0.25, 0.3) is 0 Å². The Morgan fingerprint density at radius 3 is 2.53 bits per heavy atom. The number of nitrogens with two attached hydrogens (primary N) is 1. The molecule has 0 spiro atoms. The van der Waals surface area contributed by atoms with Gasteiger partial charge in [-0.15, -0.1) is 0 Å². The lowest BCUT2D eigenvalue weighted by Gasteiger charge is -2.28. The number of thioether (sulfide) groups is 1. The monoisotopic (exact) mass is 446 g/mol. The van der Waals surface area contributed by atoms with E-state index in [9.17, 15) is 15.3 Å². The van der Waals surface area contributed by atoms with Crippen molar-refractivity contribution in [3.05, 3.63) is 81.6 Å². The van der Waals surface area contributed by atoms with Crippen LogP contribution < -0.4 is 5.73 Å². The highest BCUT2D eigenvalue weighted by atomic mass is 32.2. The van der Waals surface area contributed by atoms with Crippen LogP contribution in [0.4, 0.5) is 0 Å². The van der Waals surface area contributed by atoms with Gasteiger partial charge in [-0.25, -0.2) is 9.78 Å². The first-order chi connectivity index (χ1) is 15.4. The summed E-state index contributed by atoms with van der Waals surface area (Å²) in [6.07, 6.45) is 0.865. The van der Waals surface area contributed by atoms with Crippen LogP contribution in [0.1, 0.15) is 35.2 Å². The Morgan fingerprint density at radius 2 is 1.94 bits per heavy atom. The van der Waals surface area contributed by atoms with Gasteiger partial charge < -0.3 is 15.2 Å². The quantitative estimate of drug-likeness (QED) is 0.524. The Morgan fingerprint density at radius 1 is 1.22 bits per heavy atom. The predicted octanol–water partition coefficient (Wildman–Crippen LogP) is 3.85. The van der Waals surface area contributed by atoms with Crippen LogP contribution in [-0.2, 0) is 20.7 Å². The number of pyridine rings is 1. The molecule has 0 radical (unpaired) electrons. The first kappa shape index (κ1) is 22.9. The van der Waals surface area contributed by atoms with Crippen molar-refractivity contribution >= 4 is 17.7 Å². The van der Waals surface area contributed by atoms with Crippen LogP contribution in [0.25, 0.3) is 0 Å². The highest BCUT2D eigenvalue weighted by molar-refractivity contribution is 7.99. The van der Waals surface area contributed by atoms with Gasteiger partial charge in [-0.05, 0) is 36.6 Å². The SMILES string of the molecule is CCc1ccc(C2C(C#N)=C(N)OC(CSc3nc(C)ccc3C#N)=C2C(=O)OC)cc1. The standard InChI is InChI=1S/C24H22N4O3S/c1-4-15-6-9-16(10-7-15)20-18(12-26)22(27)31-19(21(20)24(29)30-3)13-32-23-17(11-25)8-5-14(2)28-23/h5-10,20H,4,13,27H2,1-3H3. The van der Waals surface area contributed by atoms with E-state index in [-0.39, 0.29) is 28.5 Å². The first-order valence-corrected chi connectivity index (χ1v) is 10.9. The Labute approximate surface area is 191 Å². The summed E-state index contributed by atoms with van der Waals surface area (Å²) in [6.45, 7) is 3.88. The maximum atomic E-state index is 12.8. The largest absolute Gasteiger partial charge is 0.466 e. The maximum absolute atomic E-state index is 12.8. The summed E-state index contributed by atoms with van der Waals surface area (Å²) in [5, 5.41) is 19.7. The second-order valence-corrected chi connectivity index (χ2v) is 8.02. The molecular formula is C24H22N4O3S. The summed E-state index contributed by atoms with van der Waals surface area (Å²) in [7, 11) is 1.28. The lowest BCUT2D eigenvalue weighted by atomic mass is 9.83. The van der Waals surface area contributed by atoms with Gasteiger partial charge in [0.15, 0.2) is 0 Å². The van der Waals surface area contributed by atoms with E-state index in [1.807, 2.05) is 38.1 Å². The fraction of sp³-hybridized carbons (Fsp3) is 0.250. The van der Waals surface area contributed by atoms with Gasteiger partial charge in [-0.3, -0.25) is 0 Å². The predicted molar refractivity (Wildman–Crippen MR) is 120 cm³/mol. The maximum Gasteiger partial charge on any atom is 0.338 e. The van der Waals surface area contributed by atoms with Gasteiger partial charge in [0.05, 0.1) is 29.9 Å². The van der Waals surface area contributed by atoms with Crippen LogP contribution in [0.2, 0.25) is 0 Å². The molecular weight excluding hydrogens is 424 g/mol. The topological polar surface area (TPSA) is 122 Å². The van der Waals surface area contributed by atoms with E-state index < -0.39 is 11.9 Å². The van der Waals surface area contributed by atoms with Crippen LogP contribution in [-0.4, -0.2) is 23.8 Å². The Balaban J connectivity index is 2.08. The van der Waals surface area contributed by atoms with Gasteiger partial charge in [0.1, 0.15) is 28.5 Å². The van der Waals surface area contributed by atoms with E-state index in [4.69, 9.17) is 15.2 Å². The zero-order valence-electron chi connectivity index (χ0n) is 18.0. The molecule has 0 aliphatic carbocycles. The number of aromatic nitrogens is 1. The molecule has 32 heavy (non-hydrogen) atoms. The summed E-state index contributed by atoms with van der Waals surface area (Å²) in [6, 6.07) is 15.3. The molecule has 1 atom stereocenters. The van der Waals surface area contributed by atoms with Gasteiger partial charge in [-0.1, -0.05) is 43.0 Å². The minimum absolute atomic E-state index is 0.0574. The second kappa shape index (κ2) is 10.0. The molecule has 0 saturated carbocycles. The smallest absolute Gasteiger partial charge is 0.338 e. The van der Waals surface area contributed by atoms with Crippen molar-refractivity contribution in [3.8, 4) is 12.1 Å². The number of carbonyl (C=O) groups is 1. The van der Waals surface area contributed by atoms with Crippen molar-refractivity contribution in [1.29, 1.82) is 10.5 Å². The zero-order valence-corrected chi connectivity index (χ0v) is 18.8. The van der Waals surface area contributed by atoms with E-state index in [0.717, 1.165) is 23.2 Å². The summed E-state index contributed by atoms with van der Waals surface area (Å²) >= 11 is 1.25. The third-order valence-corrected chi connectivity index (χ3v) is 6.07. The van der Waals surface area contributed by atoms with Crippen molar-refractivity contribution in [1.82, 2.24) is 4.98 Å². The number of hydrogen-bond acceptors (Lipinski definition) is 8. The Bertz CT molecular complexity index is 1190. The fourth-order valence-electron chi connectivity index (χ4n) is 3.40. The highest BCUT2D eigenvalue weighted by Crippen LogP contribution is 2.41. The van der Waals surface area contributed by atoms with Crippen LogP contribution in [0.15, 0.2) is 64.2 Å². The molecule has 1 unspecified atom stereocenters. The third kappa shape index (κ3) is 4.61. The summed E-state index contributed by atoms with van der Waals surface area (Å²) in [5.74, 6) is -0.932. The minimum Gasteiger partial charge on any atom is -0.466 e. The molecule has 1 aliphatic heterocycles. The molecule has 7 nitrogen and oxygen atoms in total. The van der Waals surface area contributed by atoms with Gasteiger partial charge in [0.2, 0.25) is 5.88 Å². The number of esters is 1. The number of ether oxygens (including phenoxy) is 2. The van der Waals surface area contributed by atoms with Crippen molar-refractivity contribution in [2.75, 3.05) is 12.9 Å². The molecule has 2 N–H and O–H groups in total. The van der Waals surface area contributed by atoms with Crippen LogP contribution in [0.3, 0.4) is 0 Å². The number of rotatable bonds is 6. The van der Waals surface area contributed by atoms with E-state index in [1.165, 1.54) is 18.9 Å². The molecule has 3 rings (SSSR count). The molecule has 1 aliphatic rings. The lowest BCUT2D eigenvalue weighted by Crippen LogP contribution is -2.26. The molecule has 0 fully saturated rings. The van der Waals surface area contributed by atoms with Crippen molar-refractivity contribution in [2.24, 2.45) is 5.73 Å². The van der Waals surface area contributed by atoms with Gasteiger partial charge in [0, 0.05) is 5.69 Å². The Hall–Kier alpha value is -3.75. The lowest BCUT2D eigenvalue weighted by molar-refractivity contribution is -0.136. The van der Waals surface area contributed by atoms with Crippen molar-refractivity contribution in [3.63, 3.8) is 0 Å². The zero-order chi connectivity index (χ0) is 23.3. The number of nitrogens with zero attached hydrogens (tertiary/aromatic N) is 3. The Kier molecular flexibility index (Phi) is 7.19. The molecule has 2 aromatic rings. The highest BCUT2D eigenvalue weighted by Gasteiger charge is 2.37. The number of hydrogen-bond donors (Lipinski definition) is 1. The number of aryl methyl sites for hydroxylation is 2. The van der Waals surface area contributed by atoms with E-state index >= 15 is 0 Å². The molecule has 8 heteroatoms. The fourth-order valence-corrected chi connectivity index (χ4v) is 4.36. The summed E-state index contributed by atoms with van der Waals surface area (Å²) in [5.41, 5.74) is 9.49. The second-order valence-electron chi connectivity index (χ2n) is 7.05. The van der Waals surface area contributed by atoms with Crippen molar-refractivity contribution in [2.45, 2.75) is 31.2 Å². The van der Waals surface area contributed by atoms with Gasteiger partial charge in [-0.2, -0.15) is 10.5 Å².